The summed E-state index contributed by atoms with van der Waals surface area (Å²) in [6, 6.07) is 13.1. The van der Waals surface area contributed by atoms with Crippen molar-refractivity contribution in [2.45, 2.75) is 13.3 Å². The molecule has 2 nitrogen and oxygen atoms in total. The van der Waals surface area contributed by atoms with Gasteiger partial charge < -0.3 is 4.42 Å². The summed E-state index contributed by atoms with van der Waals surface area (Å²) in [5, 5.41) is 1.32. The fourth-order valence-corrected chi connectivity index (χ4v) is 2.16. The monoisotopic (exact) mass is 224 g/mol. The van der Waals surface area contributed by atoms with Gasteiger partial charge in [0, 0.05) is 0 Å². The number of benzene rings is 2. The normalized spacial score (nSPS) is 11.1. The second kappa shape index (κ2) is 3.74. The van der Waals surface area contributed by atoms with Crippen LogP contribution < -0.4 is 5.43 Å². The first-order chi connectivity index (χ1) is 8.31. The van der Waals surface area contributed by atoms with E-state index in [1.165, 1.54) is 0 Å². The van der Waals surface area contributed by atoms with Gasteiger partial charge in [-0.05, 0) is 30.2 Å². The summed E-state index contributed by atoms with van der Waals surface area (Å²) in [5.41, 5.74) is 2.51. The fraction of sp³-hybridized carbons (Fsp3) is 0.133. The Balaban J connectivity index is 2.59. The number of hydrogen-bond acceptors (Lipinski definition) is 2. The molecule has 0 aliphatic carbocycles. The summed E-state index contributed by atoms with van der Waals surface area (Å²) in [5.74, 6) is 0. The molecule has 0 fully saturated rings. The largest absolute Gasteiger partial charge is 0.456 e. The van der Waals surface area contributed by atoms with Crippen molar-refractivity contribution < 1.29 is 4.42 Å². The molecule has 0 atom stereocenters. The molecule has 0 aliphatic heterocycles. The molecule has 1 heterocycles. The van der Waals surface area contributed by atoms with E-state index in [1.807, 2.05) is 36.4 Å². The second-order valence-corrected chi connectivity index (χ2v) is 4.07. The minimum Gasteiger partial charge on any atom is -0.456 e. The van der Waals surface area contributed by atoms with Crippen molar-refractivity contribution in [3.8, 4) is 0 Å². The fourth-order valence-electron chi connectivity index (χ4n) is 2.16. The van der Waals surface area contributed by atoms with Crippen LogP contribution in [0.1, 0.15) is 12.5 Å². The van der Waals surface area contributed by atoms with Gasteiger partial charge in [-0.15, -0.1) is 0 Å². The summed E-state index contributed by atoms with van der Waals surface area (Å²) >= 11 is 0. The van der Waals surface area contributed by atoms with Crippen LogP contribution in [-0.4, -0.2) is 0 Å². The Hall–Kier alpha value is -2.09. The summed E-state index contributed by atoms with van der Waals surface area (Å²) < 4.78 is 5.85. The molecule has 0 amide bonds. The Morgan fingerprint density at radius 2 is 1.76 bits per heavy atom. The highest BCUT2D eigenvalue weighted by Gasteiger charge is 2.08. The van der Waals surface area contributed by atoms with Crippen LogP contribution in [0.4, 0.5) is 0 Å². The van der Waals surface area contributed by atoms with E-state index < -0.39 is 0 Å². The molecule has 0 radical (unpaired) electrons. The van der Waals surface area contributed by atoms with Crippen molar-refractivity contribution in [1.29, 1.82) is 0 Å². The van der Waals surface area contributed by atoms with E-state index in [0.29, 0.717) is 16.4 Å². The minimum absolute atomic E-state index is 0.0529. The smallest absolute Gasteiger partial charge is 0.200 e. The molecule has 2 aromatic carbocycles. The van der Waals surface area contributed by atoms with Crippen LogP contribution in [0.3, 0.4) is 0 Å². The highest BCUT2D eigenvalue weighted by molar-refractivity contribution is 5.90. The maximum Gasteiger partial charge on any atom is 0.200 e. The molecular weight excluding hydrogens is 212 g/mol. The molecule has 84 valence electrons. The summed E-state index contributed by atoms with van der Waals surface area (Å²) in [7, 11) is 0. The SMILES string of the molecule is CCc1cccc2c(=O)c3ccccc3oc12. The first-order valence-corrected chi connectivity index (χ1v) is 5.74. The first-order valence-electron chi connectivity index (χ1n) is 5.74. The van der Waals surface area contributed by atoms with Crippen molar-refractivity contribution in [1.82, 2.24) is 0 Å². The van der Waals surface area contributed by atoms with E-state index in [4.69, 9.17) is 4.42 Å². The lowest BCUT2D eigenvalue weighted by Gasteiger charge is -2.04. The molecule has 0 spiro atoms. The number of hydrogen-bond donors (Lipinski definition) is 0. The average molecular weight is 224 g/mol. The van der Waals surface area contributed by atoms with Gasteiger partial charge in [0.2, 0.25) is 5.43 Å². The van der Waals surface area contributed by atoms with Gasteiger partial charge in [-0.2, -0.15) is 0 Å². The lowest BCUT2D eigenvalue weighted by molar-refractivity contribution is 0.654. The Labute approximate surface area is 98.5 Å². The Bertz CT molecular complexity index is 754. The van der Waals surface area contributed by atoms with E-state index in [0.717, 1.165) is 17.6 Å². The third-order valence-electron chi connectivity index (χ3n) is 3.07. The lowest BCUT2D eigenvalue weighted by Crippen LogP contribution is -2.02. The number of para-hydroxylation sites is 2. The Morgan fingerprint density at radius 1 is 1.00 bits per heavy atom. The molecule has 3 aromatic rings. The van der Waals surface area contributed by atoms with Gasteiger partial charge in [-0.25, -0.2) is 0 Å². The standard InChI is InChI=1S/C15H12O2/c1-2-10-6-5-8-12-14(16)11-7-3-4-9-13(11)17-15(10)12/h3-9H,2H2,1H3. The molecule has 0 saturated heterocycles. The maximum atomic E-state index is 12.3. The molecular formula is C15H12O2. The predicted octanol–water partition coefficient (Wildman–Crippen LogP) is 3.51. The van der Waals surface area contributed by atoms with Crippen LogP contribution >= 0.6 is 0 Å². The van der Waals surface area contributed by atoms with Crippen molar-refractivity contribution >= 4 is 21.9 Å². The predicted molar refractivity (Wildman–Crippen MR) is 69.4 cm³/mol. The molecule has 17 heavy (non-hydrogen) atoms. The van der Waals surface area contributed by atoms with Crippen molar-refractivity contribution in [2.24, 2.45) is 0 Å². The van der Waals surface area contributed by atoms with E-state index in [-0.39, 0.29) is 5.43 Å². The van der Waals surface area contributed by atoms with Gasteiger partial charge in [-0.3, -0.25) is 4.79 Å². The maximum absolute atomic E-state index is 12.3. The zero-order valence-electron chi connectivity index (χ0n) is 9.57. The number of rotatable bonds is 1. The first kappa shape index (κ1) is 10.1. The number of fused-ring (bicyclic) bond motifs is 2. The summed E-state index contributed by atoms with van der Waals surface area (Å²) in [6.45, 7) is 2.06. The molecule has 0 unspecified atom stereocenters. The highest BCUT2D eigenvalue weighted by atomic mass is 16.3. The number of aryl methyl sites for hydroxylation is 1. The topological polar surface area (TPSA) is 30.2 Å². The van der Waals surface area contributed by atoms with Gasteiger partial charge in [0.15, 0.2) is 0 Å². The molecule has 2 heteroatoms. The van der Waals surface area contributed by atoms with Crippen LogP contribution in [0.15, 0.2) is 51.7 Å². The van der Waals surface area contributed by atoms with E-state index in [9.17, 15) is 4.79 Å². The van der Waals surface area contributed by atoms with Gasteiger partial charge in [-0.1, -0.05) is 31.2 Å². The molecule has 0 saturated carbocycles. The van der Waals surface area contributed by atoms with Gasteiger partial charge in [0.05, 0.1) is 10.8 Å². The Morgan fingerprint density at radius 3 is 2.59 bits per heavy atom. The van der Waals surface area contributed by atoms with Crippen LogP contribution in [0.5, 0.6) is 0 Å². The molecule has 0 bridgehead atoms. The van der Waals surface area contributed by atoms with Gasteiger partial charge in [0.25, 0.3) is 0 Å². The molecule has 0 aliphatic rings. The van der Waals surface area contributed by atoms with E-state index >= 15 is 0 Å². The lowest BCUT2D eigenvalue weighted by atomic mass is 10.1. The van der Waals surface area contributed by atoms with Crippen LogP contribution in [0, 0.1) is 0 Å². The van der Waals surface area contributed by atoms with Crippen LogP contribution in [-0.2, 0) is 6.42 Å². The summed E-state index contributed by atoms with van der Waals surface area (Å²) in [6.07, 6.45) is 0.860. The third-order valence-corrected chi connectivity index (χ3v) is 3.07. The van der Waals surface area contributed by atoms with E-state index in [2.05, 4.69) is 6.92 Å². The quantitative estimate of drug-likeness (QED) is 0.592. The highest BCUT2D eigenvalue weighted by Crippen LogP contribution is 2.21. The molecule has 0 N–H and O–H groups in total. The van der Waals surface area contributed by atoms with Gasteiger partial charge >= 0.3 is 0 Å². The molecule has 3 rings (SSSR count). The van der Waals surface area contributed by atoms with Crippen molar-refractivity contribution in [2.75, 3.05) is 0 Å². The van der Waals surface area contributed by atoms with Crippen molar-refractivity contribution in [3.05, 3.63) is 58.3 Å². The summed E-state index contributed by atoms with van der Waals surface area (Å²) in [4.78, 5) is 12.3. The van der Waals surface area contributed by atoms with Crippen molar-refractivity contribution in [3.63, 3.8) is 0 Å². The Kier molecular flexibility index (Phi) is 2.22. The zero-order valence-corrected chi connectivity index (χ0v) is 9.57. The average Bonchev–Trinajstić information content (AvgIpc) is 2.38. The second-order valence-electron chi connectivity index (χ2n) is 4.07. The molecule has 1 aromatic heterocycles. The van der Waals surface area contributed by atoms with Gasteiger partial charge in [0.1, 0.15) is 11.2 Å². The minimum atomic E-state index is 0.0529. The zero-order chi connectivity index (χ0) is 11.8. The van der Waals surface area contributed by atoms with E-state index in [1.54, 1.807) is 6.07 Å². The third kappa shape index (κ3) is 1.45. The van der Waals surface area contributed by atoms with Crippen LogP contribution in [0.25, 0.3) is 21.9 Å². The van der Waals surface area contributed by atoms with Crippen LogP contribution in [0.2, 0.25) is 0 Å².